The highest BCUT2D eigenvalue weighted by Gasteiger charge is 2.02. The summed E-state index contributed by atoms with van der Waals surface area (Å²) in [7, 11) is 1.98. The van der Waals surface area contributed by atoms with E-state index in [4.69, 9.17) is 0 Å². The molecule has 2 rings (SSSR count). The molecule has 0 aliphatic rings. The van der Waals surface area contributed by atoms with Gasteiger partial charge in [0, 0.05) is 17.3 Å². The Balaban J connectivity index is 2.70. The molecule has 0 fully saturated rings. The van der Waals surface area contributed by atoms with Crippen LogP contribution in [0.25, 0.3) is 10.2 Å². The Morgan fingerprint density at radius 2 is 2.45 bits per heavy atom. The van der Waals surface area contributed by atoms with Crippen LogP contribution in [0.4, 0.5) is 0 Å². The summed E-state index contributed by atoms with van der Waals surface area (Å²) in [4.78, 5) is 2.72. The highest BCUT2D eigenvalue weighted by atomic mass is 32.1. The van der Waals surface area contributed by atoms with Gasteiger partial charge in [0.15, 0.2) is 0 Å². The van der Waals surface area contributed by atoms with E-state index in [1.807, 2.05) is 29.3 Å². The number of hydrogen-bond donors (Lipinski definition) is 0. The Morgan fingerprint density at radius 1 is 1.64 bits per heavy atom. The molecule has 2 aromatic heterocycles. The first-order valence-corrected chi connectivity index (χ1v) is 4.53. The van der Waals surface area contributed by atoms with E-state index in [9.17, 15) is 0 Å². The SMILES string of the molecule is CCc1cc2cnn(C)c2s1. The molecule has 0 spiro atoms. The molecule has 0 saturated heterocycles. The summed E-state index contributed by atoms with van der Waals surface area (Å²) in [6.07, 6.45) is 3.05. The van der Waals surface area contributed by atoms with E-state index >= 15 is 0 Å². The van der Waals surface area contributed by atoms with Crippen molar-refractivity contribution in [2.24, 2.45) is 7.05 Å². The Kier molecular flexibility index (Phi) is 1.46. The molecule has 0 N–H and O–H groups in total. The van der Waals surface area contributed by atoms with E-state index in [1.165, 1.54) is 15.1 Å². The molecule has 0 atom stereocenters. The minimum Gasteiger partial charge on any atom is -0.258 e. The lowest BCUT2D eigenvalue weighted by Crippen LogP contribution is -1.85. The first kappa shape index (κ1) is 6.85. The van der Waals surface area contributed by atoms with Gasteiger partial charge in [-0.15, -0.1) is 11.3 Å². The minimum atomic E-state index is 1.12. The van der Waals surface area contributed by atoms with Crippen LogP contribution in [0, 0.1) is 0 Å². The van der Waals surface area contributed by atoms with Crippen LogP contribution in [-0.2, 0) is 13.5 Å². The summed E-state index contributed by atoms with van der Waals surface area (Å²) in [6.45, 7) is 2.18. The lowest BCUT2D eigenvalue weighted by Gasteiger charge is -1.86. The number of fused-ring (bicyclic) bond motifs is 1. The van der Waals surface area contributed by atoms with Crippen molar-refractivity contribution in [2.45, 2.75) is 13.3 Å². The second kappa shape index (κ2) is 2.34. The highest BCUT2D eigenvalue weighted by molar-refractivity contribution is 7.18. The van der Waals surface area contributed by atoms with Crippen molar-refractivity contribution < 1.29 is 0 Å². The summed E-state index contributed by atoms with van der Waals surface area (Å²) in [5.41, 5.74) is 0. The van der Waals surface area contributed by atoms with E-state index in [0.29, 0.717) is 0 Å². The average molecular weight is 166 g/mol. The van der Waals surface area contributed by atoms with Crippen molar-refractivity contribution in [1.82, 2.24) is 9.78 Å². The van der Waals surface area contributed by atoms with Crippen LogP contribution in [0.2, 0.25) is 0 Å². The van der Waals surface area contributed by atoms with Crippen molar-refractivity contribution >= 4 is 21.6 Å². The molecular formula is C8H10N2S. The van der Waals surface area contributed by atoms with Crippen LogP contribution in [0.5, 0.6) is 0 Å². The lowest BCUT2D eigenvalue weighted by atomic mass is 10.3. The summed E-state index contributed by atoms with van der Waals surface area (Å²) in [5.74, 6) is 0. The molecular weight excluding hydrogens is 156 g/mol. The third kappa shape index (κ3) is 0.959. The largest absolute Gasteiger partial charge is 0.258 e. The summed E-state index contributed by atoms with van der Waals surface area (Å²) >= 11 is 1.83. The topological polar surface area (TPSA) is 17.8 Å². The lowest BCUT2D eigenvalue weighted by molar-refractivity contribution is 0.802. The molecule has 0 radical (unpaired) electrons. The third-order valence-electron chi connectivity index (χ3n) is 1.80. The van der Waals surface area contributed by atoms with Gasteiger partial charge < -0.3 is 0 Å². The second-order valence-electron chi connectivity index (χ2n) is 2.59. The van der Waals surface area contributed by atoms with Gasteiger partial charge in [-0.25, -0.2) is 0 Å². The second-order valence-corrected chi connectivity index (χ2v) is 3.71. The number of hydrogen-bond acceptors (Lipinski definition) is 2. The average Bonchev–Trinajstić information content (AvgIpc) is 2.53. The smallest absolute Gasteiger partial charge is 0.121 e. The van der Waals surface area contributed by atoms with Gasteiger partial charge in [-0.3, -0.25) is 4.68 Å². The predicted octanol–water partition coefficient (Wildman–Crippen LogP) is 2.20. The molecule has 0 aromatic carbocycles. The maximum atomic E-state index is 4.16. The standard InChI is InChI=1S/C8H10N2S/c1-3-7-4-6-5-9-10(2)8(6)11-7/h4-5H,3H2,1-2H3. The van der Waals surface area contributed by atoms with E-state index in [1.54, 1.807) is 0 Å². The predicted molar refractivity (Wildman–Crippen MR) is 48.0 cm³/mol. The zero-order valence-electron chi connectivity index (χ0n) is 6.66. The fourth-order valence-corrected chi connectivity index (χ4v) is 2.16. The Bertz CT molecular complexity index is 372. The normalized spacial score (nSPS) is 11.1. The molecule has 2 nitrogen and oxygen atoms in total. The van der Waals surface area contributed by atoms with Crippen LogP contribution in [0.15, 0.2) is 12.3 Å². The third-order valence-corrected chi connectivity index (χ3v) is 3.17. The van der Waals surface area contributed by atoms with Gasteiger partial charge in [0.2, 0.25) is 0 Å². The zero-order chi connectivity index (χ0) is 7.84. The zero-order valence-corrected chi connectivity index (χ0v) is 7.48. The van der Waals surface area contributed by atoms with Gasteiger partial charge in [-0.05, 0) is 12.5 Å². The monoisotopic (exact) mass is 166 g/mol. The van der Waals surface area contributed by atoms with Crippen LogP contribution < -0.4 is 0 Å². The van der Waals surface area contributed by atoms with Crippen molar-refractivity contribution in [3.05, 3.63) is 17.1 Å². The van der Waals surface area contributed by atoms with Gasteiger partial charge in [0.1, 0.15) is 4.83 Å². The molecule has 0 amide bonds. The maximum Gasteiger partial charge on any atom is 0.121 e. The van der Waals surface area contributed by atoms with Gasteiger partial charge in [-0.1, -0.05) is 6.92 Å². The van der Waals surface area contributed by atoms with Crippen molar-refractivity contribution in [3.63, 3.8) is 0 Å². The fourth-order valence-electron chi connectivity index (χ4n) is 1.17. The summed E-state index contributed by atoms with van der Waals surface area (Å²) in [6, 6.07) is 2.22. The van der Waals surface area contributed by atoms with Crippen molar-refractivity contribution in [2.75, 3.05) is 0 Å². The highest BCUT2D eigenvalue weighted by Crippen LogP contribution is 2.24. The minimum absolute atomic E-state index is 1.12. The Morgan fingerprint density at radius 3 is 3.09 bits per heavy atom. The quantitative estimate of drug-likeness (QED) is 0.635. The number of aromatic nitrogens is 2. The molecule has 11 heavy (non-hydrogen) atoms. The van der Waals surface area contributed by atoms with Gasteiger partial charge in [0.25, 0.3) is 0 Å². The summed E-state index contributed by atoms with van der Waals surface area (Å²) < 4.78 is 1.93. The van der Waals surface area contributed by atoms with Crippen LogP contribution >= 0.6 is 11.3 Å². The van der Waals surface area contributed by atoms with E-state index in [0.717, 1.165) is 6.42 Å². The van der Waals surface area contributed by atoms with Crippen LogP contribution in [0.1, 0.15) is 11.8 Å². The van der Waals surface area contributed by atoms with Crippen molar-refractivity contribution in [1.29, 1.82) is 0 Å². The molecule has 2 heterocycles. The molecule has 0 aliphatic heterocycles. The van der Waals surface area contributed by atoms with Crippen LogP contribution in [-0.4, -0.2) is 9.78 Å². The molecule has 0 saturated carbocycles. The summed E-state index contributed by atoms with van der Waals surface area (Å²) in [5, 5.41) is 5.43. The molecule has 2 aromatic rings. The fraction of sp³-hybridized carbons (Fsp3) is 0.375. The molecule has 58 valence electrons. The number of rotatable bonds is 1. The molecule has 0 unspecified atom stereocenters. The van der Waals surface area contributed by atoms with Gasteiger partial charge in [-0.2, -0.15) is 5.10 Å². The van der Waals surface area contributed by atoms with Crippen molar-refractivity contribution in [3.8, 4) is 0 Å². The number of aryl methyl sites for hydroxylation is 2. The number of thiophene rings is 1. The first-order valence-electron chi connectivity index (χ1n) is 3.71. The maximum absolute atomic E-state index is 4.16. The van der Waals surface area contributed by atoms with Gasteiger partial charge >= 0.3 is 0 Å². The Hall–Kier alpha value is -0.830. The molecule has 0 aliphatic carbocycles. The number of nitrogens with zero attached hydrogens (tertiary/aromatic N) is 2. The van der Waals surface area contributed by atoms with E-state index in [2.05, 4.69) is 18.1 Å². The Labute approximate surface area is 69.5 Å². The van der Waals surface area contributed by atoms with E-state index in [-0.39, 0.29) is 0 Å². The van der Waals surface area contributed by atoms with E-state index < -0.39 is 0 Å². The first-order chi connectivity index (χ1) is 5.31. The molecule has 0 bridgehead atoms. The van der Waals surface area contributed by atoms with Crippen LogP contribution in [0.3, 0.4) is 0 Å². The van der Waals surface area contributed by atoms with Gasteiger partial charge in [0.05, 0.1) is 6.20 Å². The molecule has 3 heteroatoms.